The maximum absolute atomic E-state index is 4.85. The Bertz CT molecular complexity index is 973. The highest BCUT2D eigenvalue weighted by Crippen LogP contribution is 2.14. The van der Waals surface area contributed by atoms with Crippen LogP contribution in [0.15, 0.2) is 78.0 Å². The average Bonchev–Trinajstić information content (AvgIpc) is 3.26. The Kier molecular flexibility index (Phi) is 10.2. The predicted octanol–water partition coefficient (Wildman–Crippen LogP) is 4.27. The van der Waals surface area contributed by atoms with Crippen LogP contribution in [0.3, 0.4) is 0 Å². The molecule has 1 atom stereocenters. The molecule has 0 bridgehead atoms. The first-order valence-corrected chi connectivity index (χ1v) is 11.6. The predicted molar refractivity (Wildman–Crippen MR) is 146 cm³/mol. The van der Waals surface area contributed by atoms with Gasteiger partial charge in [-0.25, -0.2) is 9.98 Å². The van der Waals surface area contributed by atoms with Gasteiger partial charge in [-0.05, 0) is 37.4 Å². The second-order valence-corrected chi connectivity index (χ2v) is 8.36. The number of nitrogens with zero attached hydrogens (tertiary/aromatic N) is 4. The Morgan fingerprint density at radius 2 is 1.73 bits per heavy atom. The van der Waals surface area contributed by atoms with Crippen molar-refractivity contribution < 1.29 is 0 Å². The molecule has 1 aliphatic rings. The van der Waals surface area contributed by atoms with Crippen LogP contribution in [0.2, 0.25) is 0 Å². The number of hydrogen-bond donors (Lipinski definition) is 2. The molecule has 0 aliphatic carbocycles. The number of nitrogens with one attached hydrogen (secondary N) is 2. The van der Waals surface area contributed by atoms with Crippen molar-refractivity contribution in [3.05, 3.63) is 90.0 Å². The maximum atomic E-state index is 4.85. The molecular weight excluding hydrogens is 523 g/mol. The molecule has 2 aromatic carbocycles. The lowest BCUT2D eigenvalue weighted by Crippen LogP contribution is -2.51. The van der Waals surface area contributed by atoms with E-state index >= 15 is 0 Å². The fraction of sp³-hybridized carbons (Fsp3) is 0.385. The van der Waals surface area contributed by atoms with Gasteiger partial charge in [0.2, 0.25) is 0 Å². The number of aromatic nitrogens is 2. The van der Waals surface area contributed by atoms with Gasteiger partial charge in [0.15, 0.2) is 5.96 Å². The Morgan fingerprint density at radius 3 is 2.42 bits per heavy atom. The molecule has 1 saturated heterocycles. The van der Waals surface area contributed by atoms with Crippen molar-refractivity contribution in [3.8, 4) is 0 Å². The van der Waals surface area contributed by atoms with Gasteiger partial charge < -0.3 is 15.2 Å². The molecule has 33 heavy (non-hydrogen) atoms. The highest BCUT2D eigenvalue weighted by Gasteiger charge is 2.20. The Hall–Kier alpha value is -2.39. The molecule has 0 radical (unpaired) electrons. The lowest BCUT2D eigenvalue weighted by atomic mass is 10.0. The Balaban J connectivity index is 0.00000306. The third-order valence-electron chi connectivity index (χ3n) is 5.82. The molecule has 1 aliphatic heterocycles. The molecule has 3 aromatic rings. The summed E-state index contributed by atoms with van der Waals surface area (Å²) in [5, 5.41) is 7.07. The van der Waals surface area contributed by atoms with Gasteiger partial charge in [-0.1, -0.05) is 60.7 Å². The summed E-state index contributed by atoms with van der Waals surface area (Å²) in [6.45, 7) is 7.49. The number of rotatable bonds is 8. The number of benzene rings is 2. The molecule has 1 fully saturated rings. The van der Waals surface area contributed by atoms with E-state index in [1.807, 2.05) is 18.5 Å². The SMILES string of the molecule is CCNC(=NCc1nccn1Cc1ccccc1)NC1CCCN(Cc2ccccc2)C1.I. The quantitative estimate of drug-likeness (QED) is 0.247. The second kappa shape index (κ2) is 13.3. The largest absolute Gasteiger partial charge is 0.357 e. The zero-order valence-electron chi connectivity index (χ0n) is 19.4. The van der Waals surface area contributed by atoms with Gasteiger partial charge in [0.25, 0.3) is 0 Å². The summed E-state index contributed by atoms with van der Waals surface area (Å²) in [4.78, 5) is 11.9. The van der Waals surface area contributed by atoms with Gasteiger partial charge >= 0.3 is 0 Å². The summed E-state index contributed by atoms with van der Waals surface area (Å²) in [5.74, 6) is 1.84. The average molecular weight is 559 g/mol. The standard InChI is InChI=1S/C26H34N6.HI/c1-2-27-26(29-18-25-28-15-17-32(25)20-23-12-7-4-8-13-23)30-24-14-9-16-31(21-24)19-22-10-5-3-6-11-22;/h3-8,10-13,15,17,24H,2,9,14,16,18-21H2,1H3,(H2,27,29,30);1H. The number of aliphatic imine (C=N–C) groups is 1. The number of guanidine groups is 1. The van der Waals surface area contributed by atoms with E-state index in [4.69, 9.17) is 4.99 Å². The van der Waals surface area contributed by atoms with Crippen molar-refractivity contribution in [1.29, 1.82) is 0 Å². The molecule has 0 amide bonds. The lowest BCUT2D eigenvalue weighted by Gasteiger charge is -2.34. The molecular formula is C26H35IN6. The maximum Gasteiger partial charge on any atom is 0.191 e. The monoisotopic (exact) mass is 558 g/mol. The van der Waals surface area contributed by atoms with Crippen LogP contribution in [0.25, 0.3) is 0 Å². The van der Waals surface area contributed by atoms with E-state index in [1.165, 1.54) is 24.0 Å². The third-order valence-corrected chi connectivity index (χ3v) is 5.82. The minimum Gasteiger partial charge on any atom is -0.357 e. The summed E-state index contributed by atoms with van der Waals surface area (Å²) in [6, 6.07) is 21.6. The fourth-order valence-corrected chi connectivity index (χ4v) is 4.24. The Labute approximate surface area is 214 Å². The number of piperidine rings is 1. The van der Waals surface area contributed by atoms with Gasteiger partial charge in [-0.3, -0.25) is 4.90 Å². The van der Waals surface area contributed by atoms with E-state index in [9.17, 15) is 0 Å². The van der Waals surface area contributed by atoms with Crippen LogP contribution >= 0.6 is 24.0 Å². The summed E-state index contributed by atoms with van der Waals surface area (Å²) in [6.07, 6.45) is 6.25. The topological polar surface area (TPSA) is 57.5 Å². The van der Waals surface area contributed by atoms with Crippen LogP contribution < -0.4 is 10.6 Å². The van der Waals surface area contributed by atoms with Crippen molar-refractivity contribution in [2.75, 3.05) is 19.6 Å². The zero-order chi connectivity index (χ0) is 22.0. The molecule has 1 unspecified atom stereocenters. The van der Waals surface area contributed by atoms with Gasteiger partial charge in [-0.15, -0.1) is 24.0 Å². The first-order valence-electron chi connectivity index (χ1n) is 11.6. The number of hydrogen-bond acceptors (Lipinski definition) is 3. The lowest BCUT2D eigenvalue weighted by molar-refractivity contribution is 0.192. The highest BCUT2D eigenvalue weighted by molar-refractivity contribution is 14.0. The Morgan fingerprint density at radius 1 is 1.03 bits per heavy atom. The first kappa shape index (κ1) is 25.2. The molecule has 4 rings (SSSR count). The van der Waals surface area contributed by atoms with E-state index in [2.05, 4.69) is 86.6 Å². The summed E-state index contributed by atoms with van der Waals surface area (Å²) in [7, 11) is 0. The minimum atomic E-state index is 0. The van der Waals surface area contributed by atoms with Gasteiger partial charge in [0.05, 0.1) is 0 Å². The third kappa shape index (κ3) is 7.85. The van der Waals surface area contributed by atoms with Crippen LogP contribution in [0.1, 0.15) is 36.7 Å². The van der Waals surface area contributed by atoms with Crippen molar-refractivity contribution in [2.45, 2.75) is 45.4 Å². The van der Waals surface area contributed by atoms with Crippen LogP contribution in [-0.4, -0.2) is 46.1 Å². The normalized spacial score (nSPS) is 16.8. The van der Waals surface area contributed by atoms with Crippen molar-refractivity contribution in [3.63, 3.8) is 0 Å². The number of likely N-dealkylation sites (tertiary alicyclic amines) is 1. The van der Waals surface area contributed by atoms with E-state index in [0.29, 0.717) is 12.6 Å². The summed E-state index contributed by atoms with van der Waals surface area (Å²) in [5.41, 5.74) is 2.64. The van der Waals surface area contributed by atoms with Gasteiger partial charge in [0, 0.05) is 44.6 Å². The highest BCUT2D eigenvalue weighted by atomic mass is 127. The van der Waals surface area contributed by atoms with Crippen molar-refractivity contribution in [2.24, 2.45) is 4.99 Å². The van der Waals surface area contributed by atoms with Gasteiger partial charge in [0.1, 0.15) is 12.4 Å². The summed E-state index contributed by atoms with van der Waals surface area (Å²) < 4.78 is 2.17. The first-order chi connectivity index (χ1) is 15.8. The van der Waals surface area contributed by atoms with E-state index in [0.717, 1.165) is 44.5 Å². The molecule has 0 spiro atoms. The van der Waals surface area contributed by atoms with Crippen molar-refractivity contribution >= 4 is 29.9 Å². The van der Waals surface area contributed by atoms with Gasteiger partial charge in [-0.2, -0.15) is 0 Å². The summed E-state index contributed by atoms with van der Waals surface area (Å²) >= 11 is 0. The fourth-order valence-electron chi connectivity index (χ4n) is 4.24. The van der Waals surface area contributed by atoms with E-state index in [-0.39, 0.29) is 24.0 Å². The minimum absolute atomic E-state index is 0. The molecule has 7 heteroatoms. The van der Waals surface area contributed by atoms with Crippen molar-refractivity contribution in [1.82, 2.24) is 25.1 Å². The van der Waals surface area contributed by atoms with Crippen LogP contribution in [0.5, 0.6) is 0 Å². The molecule has 1 aromatic heterocycles. The van der Waals surface area contributed by atoms with E-state index < -0.39 is 0 Å². The molecule has 2 heterocycles. The van der Waals surface area contributed by atoms with Crippen LogP contribution in [0.4, 0.5) is 0 Å². The number of halogens is 1. The molecule has 176 valence electrons. The second-order valence-electron chi connectivity index (χ2n) is 8.36. The number of imidazole rings is 1. The van der Waals surface area contributed by atoms with E-state index in [1.54, 1.807) is 0 Å². The smallest absolute Gasteiger partial charge is 0.191 e. The zero-order valence-corrected chi connectivity index (χ0v) is 21.7. The van der Waals surface area contributed by atoms with Crippen LogP contribution in [-0.2, 0) is 19.6 Å². The molecule has 0 saturated carbocycles. The van der Waals surface area contributed by atoms with Crippen LogP contribution in [0, 0.1) is 0 Å². The molecule has 6 nitrogen and oxygen atoms in total. The molecule has 2 N–H and O–H groups in total.